The highest BCUT2D eigenvalue weighted by atomic mass is 15.0. The molecule has 0 aliphatic heterocycles. The van der Waals surface area contributed by atoms with E-state index in [0.717, 1.165) is 5.69 Å². The molecule has 0 aliphatic rings. The van der Waals surface area contributed by atoms with Crippen LogP contribution in [0.4, 0.5) is 5.69 Å². The molecule has 4 nitrogen and oxygen atoms in total. The third-order valence-corrected chi connectivity index (χ3v) is 2.68. The number of anilines is 1. The van der Waals surface area contributed by atoms with Crippen molar-refractivity contribution in [3.05, 3.63) is 53.6 Å². The molecule has 0 saturated heterocycles. The van der Waals surface area contributed by atoms with Crippen LogP contribution in [-0.4, -0.2) is 9.97 Å². The Bertz CT molecular complexity index is 569. The predicted molar refractivity (Wildman–Crippen MR) is 70.0 cm³/mol. The van der Waals surface area contributed by atoms with Crippen LogP contribution in [0.15, 0.2) is 36.7 Å². The molecule has 2 rings (SSSR count). The van der Waals surface area contributed by atoms with Crippen molar-refractivity contribution < 1.29 is 0 Å². The summed E-state index contributed by atoms with van der Waals surface area (Å²) in [4.78, 5) is 7.85. The first kappa shape index (κ1) is 12.1. The van der Waals surface area contributed by atoms with Gasteiger partial charge in [0.15, 0.2) is 0 Å². The lowest BCUT2D eigenvalue weighted by atomic mass is 10.1. The van der Waals surface area contributed by atoms with Gasteiger partial charge in [-0.05, 0) is 19.4 Å². The van der Waals surface area contributed by atoms with Gasteiger partial charge in [-0.2, -0.15) is 5.26 Å². The van der Waals surface area contributed by atoms with E-state index in [0.29, 0.717) is 0 Å². The molecule has 1 N–H and O–H groups in total. The van der Waals surface area contributed by atoms with E-state index in [2.05, 4.69) is 47.3 Å². The summed E-state index contributed by atoms with van der Waals surface area (Å²) in [6.45, 7) is 4.15. The van der Waals surface area contributed by atoms with Gasteiger partial charge in [0.05, 0.1) is 18.1 Å². The summed E-state index contributed by atoms with van der Waals surface area (Å²) in [5.41, 5.74) is 3.25. The van der Waals surface area contributed by atoms with Crippen molar-refractivity contribution in [1.29, 1.82) is 5.26 Å². The molecule has 0 unspecified atom stereocenters. The quantitative estimate of drug-likeness (QED) is 0.893. The lowest BCUT2D eigenvalue weighted by molar-refractivity contribution is 0.877. The van der Waals surface area contributed by atoms with E-state index in [9.17, 15) is 0 Å². The fraction of sp³-hybridized carbons (Fsp3) is 0.214. The minimum absolute atomic E-state index is 0.168. The average molecular weight is 238 g/mol. The predicted octanol–water partition coefficient (Wildman–Crippen LogP) is 2.83. The maximum Gasteiger partial charge on any atom is 0.232 e. The Balaban J connectivity index is 2.11. The molecule has 0 spiro atoms. The third-order valence-electron chi connectivity index (χ3n) is 2.68. The number of rotatable bonds is 3. The van der Waals surface area contributed by atoms with Crippen LogP contribution < -0.4 is 5.32 Å². The number of nitrogens with one attached hydrogen (secondary N) is 1. The van der Waals surface area contributed by atoms with Crippen LogP contribution in [0.2, 0.25) is 0 Å². The maximum absolute atomic E-state index is 8.62. The Morgan fingerprint density at radius 1 is 1.28 bits per heavy atom. The summed E-state index contributed by atoms with van der Waals surface area (Å²) in [6, 6.07) is 10.4. The molecule has 0 radical (unpaired) electrons. The molecule has 1 aromatic heterocycles. The second-order valence-electron chi connectivity index (χ2n) is 4.19. The smallest absolute Gasteiger partial charge is 0.232 e. The molecule has 18 heavy (non-hydrogen) atoms. The Kier molecular flexibility index (Phi) is 3.54. The first-order valence-electron chi connectivity index (χ1n) is 5.74. The van der Waals surface area contributed by atoms with E-state index in [1.54, 1.807) is 12.4 Å². The molecular formula is C14H14N4. The van der Waals surface area contributed by atoms with Crippen molar-refractivity contribution in [3.8, 4) is 6.07 Å². The zero-order valence-electron chi connectivity index (χ0n) is 10.4. The minimum Gasteiger partial charge on any atom is -0.376 e. The maximum atomic E-state index is 8.62. The number of hydrogen-bond acceptors (Lipinski definition) is 4. The average Bonchev–Trinajstić information content (AvgIpc) is 2.39. The second kappa shape index (κ2) is 5.28. The van der Waals surface area contributed by atoms with Crippen LogP contribution in [0, 0.1) is 18.3 Å². The SMILES string of the molecule is Cc1cccc([C@H](C)Nc2cnc(C#N)nc2)c1. The van der Waals surface area contributed by atoms with Gasteiger partial charge >= 0.3 is 0 Å². The normalized spacial score (nSPS) is 11.6. The largest absolute Gasteiger partial charge is 0.376 e. The zero-order chi connectivity index (χ0) is 13.0. The van der Waals surface area contributed by atoms with Gasteiger partial charge in [0.1, 0.15) is 6.07 Å². The van der Waals surface area contributed by atoms with Gasteiger partial charge in [0.25, 0.3) is 0 Å². The topological polar surface area (TPSA) is 61.6 Å². The lowest BCUT2D eigenvalue weighted by Gasteiger charge is -2.15. The summed E-state index contributed by atoms with van der Waals surface area (Å²) in [7, 11) is 0. The molecule has 0 fully saturated rings. The number of benzene rings is 1. The second-order valence-corrected chi connectivity index (χ2v) is 4.19. The van der Waals surface area contributed by atoms with Crippen LogP contribution in [0.1, 0.15) is 29.9 Å². The van der Waals surface area contributed by atoms with Crippen molar-refractivity contribution in [2.75, 3.05) is 5.32 Å². The molecule has 1 aromatic carbocycles. The van der Waals surface area contributed by atoms with Crippen LogP contribution >= 0.6 is 0 Å². The van der Waals surface area contributed by atoms with Gasteiger partial charge in [0, 0.05) is 6.04 Å². The molecule has 0 saturated carbocycles. The van der Waals surface area contributed by atoms with Crippen molar-refractivity contribution in [2.45, 2.75) is 19.9 Å². The van der Waals surface area contributed by atoms with Crippen molar-refractivity contribution in [1.82, 2.24) is 9.97 Å². The first-order valence-corrected chi connectivity index (χ1v) is 5.74. The Morgan fingerprint density at radius 2 is 2.00 bits per heavy atom. The van der Waals surface area contributed by atoms with Gasteiger partial charge in [-0.15, -0.1) is 0 Å². The van der Waals surface area contributed by atoms with Gasteiger partial charge in [-0.1, -0.05) is 29.8 Å². The highest BCUT2D eigenvalue weighted by molar-refractivity contribution is 5.42. The number of nitriles is 1. The standard InChI is InChI=1S/C14H14N4/c1-10-4-3-5-12(6-10)11(2)18-13-8-16-14(7-15)17-9-13/h3-6,8-9,11,18H,1-2H3/t11-/m0/s1. The van der Waals surface area contributed by atoms with Crippen LogP contribution in [0.25, 0.3) is 0 Å². The Labute approximate surface area is 106 Å². The molecule has 2 aromatic rings. The summed E-state index contributed by atoms with van der Waals surface area (Å²) in [5.74, 6) is 0.184. The van der Waals surface area contributed by atoms with Crippen molar-refractivity contribution >= 4 is 5.69 Å². The number of aromatic nitrogens is 2. The summed E-state index contributed by atoms with van der Waals surface area (Å²) in [6.07, 6.45) is 3.25. The van der Waals surface area contributed by atoms with Gasteiger partial charge in [-0.25, -0.2) is 9.97 Å². The van der Waals surface area contributed by atoms with Crippen molar-refractivity contribution in [2.24, 2.45) is 0 Å². The number of hydrogen-bond donors (Lipinski definition) is 1. The van der Waals surface area contributed by atoms with E-state index < -0.39 is 0 Å². The van der Waals surface area contributed by atoms with E-state index in [-0.39, 0.29) is 11.9 Å². The molecule has 0 aliphatic carbocycles. The molecule has 1 atom stereocenters. The van der Waals surface area contributed by atoms with Gasteiger partial charge in [0.2, 0.25) is 5.82 Å². The van der Waals surface area contributed by atoms with E-state index in [4.69, 9.17) is 5.26 Å². The summed E-state index contributed by atoms with van der Waals surface area (Å²) < 4.78 is 0. The van der Waals surface area contributed by atoms with Crippen LogP contribution in [0.5, 0.6) is 0 Å². The Hall–Kier alpha value is -2.41. The van der Waals surface area contributed by atoms with Crippen molar-refractivity contribution in [3.63, 3.8) is 0 Å². The first-order chi connectivity index (χ1) is 8.69. The molecular weight excluding hydrogens is 224 g/mol. The summed E-state index contributed by atoms with van der Waals surface area (Å²) >= 11 is 0. The molecule has 90 valence electrons. The highest BCUT2D eigenvalue weighted by Crippen LogP contribution is 2.18. The van der Waals surface area contributed by atoms with Gasteiger partial charge < -0.3 is 5.32 Å². The highest BCUT2D eigenvalue weighted by Gasteiger charge is 2.05. The Morgan fingerprint density at radius 3 is 2.61 bits per heavy atom. The number of aryl methyl sites for hydroxylation is 1. The monoisotopic (exact) mass is 238 g/mol. The summed E-state index contributed by atoms with van der Waals surface area (Å²) in [5, 5.41) is 11.9. The van der Waals surface area contributed by atoms with E-state index >= 15 is 0 Å². The van der Waals surface area contributed by atoms with E-state index in [1.807, 2.05) is 12.1 Å². The van der Waals surface area contributed by atoms with Crippen LogP contribution in [-0.2, 0) is 0 Å². The molecule has 4 heteroatoms. The third kappa shape index (κ3) is 2.83. The number of nitrogens with zero attached hydrogens (tertiary/aromatic N) is 3. The fourth-order valence-corrected chi connectivity index (χ4v) is 1.73. The molecule has 0 amide bonds. The molecule has 0 bridgehead atoms. The lowest BCUT2D eigenvalue weighted by Crippen LogP contribution is -2.07. The van der Waals surface area contributed by atoms with Gasteiger partial charge in [-0.3, -0.25) is 0 Å². The van der Waals surface area contributed by atoms with E-state index in [1.165, 1.54) is 11.1 Å². The molecule has 1 heterocycles. The van der Waals surface area contributed by atoms with Crippen LogP contribution in [0.3, 0.4) is 0 Å². The fourth-order valence-electron chi connectivity index (χ4n) is 1.73. The zero-order valence-corrected chi connectivity index (χ0v) is 10.4. The minimum atomic E-state index is 0.168.